The first-order valence-electron chi connectivity index (χ1n) is 10.1. The number of halogens is 1. The second kappa shape index (κ2) is 7.72. The molecule has 0 spiro atoms. The number of nitrogens with two attached hydrogens (primary N) is 1. The zero-order valence-corrected chi connectivity index (χ0v) is 19.7. The maximum absolute atomic E-state index is 13.5. The van der Waals surface area contributed by atoms with Crippen LogP contribution in [0, 0.1) is 16.7 Å². The van der Waals surface area contributed by atoms with Crippen LogP contribution in [0.25, 0.3) is 0 Å². The molecule has 154 valence electrons. The fourth-order valence-electron chi connectivity index (χ4n) is 4.44. The minimum absolute atomic E-state index is 0.106. The molecule has 1 aromatic carbocycles. The van der Waals surface area contributed by atoms with E-state index in [0.717, 1.165) is 39.1 Å². The van der Waals surface area contributed by atoms with Crippen LogP contribution in [-0.2, 0) is 11.2 Å². The largest absolute Gasteiger partial charge is 0.384 e. The van der Waals surface area contributed by atoms with Crippen LogP contribution in [0.3, 0.4) is 0 Å². The number of anilines is 1. The lowest BCUT2D eigenvalue weighted by atomic mass is 9.69. The standard InChI is InChI=1S/C24H24BrN3OS/c1-4-14-9-10-20(30-14)21-15(13-26)23(27)28(17-8-6-5-7-16(17)25)18-11-24(2,3)12-19(29)22(18)21/h5-10,21H,4,11-12,27H2,1-3H3. The molecule has 2 aromatic rings. The van der Waals surface area contributed by atoms with Crippen molar-refractivity contribution in [1.82, 2.24) is 0 Å². The van der Waals surface area contributed by atoms with Crippen LogP contribution in [0.5, 0.6) is 0 Å². The summed E-state index contributed by atoms with van der Waals surface area (Å²) < 4.78 is 0.871. The molecule has 4 nitrogen and oxygen atoms in total. The van der Waals surface area contributed by atoms with E-state index in [-0.39, 0.29) is 11.2 Å². The lowest BCUT2D eigenvalue weighted by Gasteiger charge is -2.43. The average molecular weight is 482 g/mol. The molecule has 0 bridgehead atoms. The number of Topliss-reactive ketones (excluding diaryl/α,β-unsaturated/α-hetero) is 1. The molecule has 0 radical (unpaired) electrons. The van der Waals surface area contributed by atoms with E-state index in [0.29, 0.717) is 17.8 Å². The van der Waals surface area contributed by atoms with Crippen molar-refractivity contribution < 1.29 is 4.79 Å². The minimum Gasteiger partial charge on any atom is -0.384 e. The third kappa shape index (κ3) is 3.40. The molecule has 1 aliphatic heterocycles. The Morgan fingerprint density at radius 3 is 2.63 bits per heavy atom. The number of thiophene rings is 1. The predicted octanol–water partition coefficient (Wildman–Crippen LogP) is 6.01. The van der Waals surface area contributed by atoms with E-state index in [1.54, 1.807) is 11.3 Å². The summed E-state index contributed by atoms with van der Waals surface area (Å²) in [6, 6.07) is 14.3. The molecule has 6 heteroatoms. The van der Waals surface area contributed by atoms with E-state index >= 15 is 0 Å². The van der Waals surface area contributed by atoms with Crippen LogP contribution in [0.15, 0.2) is 63.5 Å². The van der Waals surface area contributed by atoms with Gasteiger partial charge < -0.3 is 5.73 Å². The fraction of sp³-hybridized carbons (Fsp3) is 0.333. The molecule has 4 rings (SSSR count). The van der Waals surface area contributed by atoms with Gasteiger partial charge in [0.15, 0.2) is 5.78 Å². The number of nitriles is 1. The summed E-state index contributed by atoms with van der Waals surface area (Å²) >= 11 is 5.29. The zero-order chi connectivity index (χ0) is 21.6. The molecule has 1 unspecified atom stereocenters. The monoisotopic (exact) mass is 481 g/mol. The molecule has 0 saturated heterocycles. The molecule has 0 fully saturated rings. The molecule has 2 heterocycles. The summed E-state index contributed by atoms with van der Waals surface area (Å²) in [7, 11) is 0. The van der Waals surface area contributed by atoms with Crippen molar-refractivity contribution in [2.75, 3.05) is 4.90 Å². The Hall–Kier alpha value is -2.36. The van der Waals surface area contributed by atoms with Gasteiger partial charge in [0.2, 0.25) is 0 Å². The molecular formula is C24H24BrN3OS. The van der Waals surface area contributed by atoms with Gasteiger partial charge in [0.1, 0.15) is 5.82 Å². The first-order valence-corrected chi connectivity index (χ1v) is 11.7. The summed E-state index contributed by atoms with van der Waals surface area (Å²) in [5.41, 5.74) is 9.42. The van der Waals surface area contributed by atoms with Gasteiger partial charge in [0.25, 0.3) is 0 Å². The van der Waals surface area contributed by atoms with E-state index in [9.17, 15) is 10.1 Å². The number of aryl methyl sites for hydroxylation is 1. The van der Waals surface area contributed by atoms with Gasteiger partial charge in [-0.25, -0.2) is 0 Å². The van der Waals surface area contributed by atoms with Crippen molar-refractivity contribution in [3.63, 3.8) is 0 Å². The number of carbonyl (C=O) groups is 1. The molecule has 30 heavy (non-hydrogen) atoms. The highest BCUT2D eigenvalue weighted by Gasteiger charge is 2.45. The van der Waals surface area contributed by atoms with Crippen LogP contribution < -0.4 is 10.6 Å². The number of ketones is 1. The SMILES string of the molecule is CCc1ccc(C2C(C#N)=C(N)N(c3ccccc3Br)C3=C2C(=O)CC(C)(C)C3)s1. The summed E-state index contributed by atoms with van der Waals surface area (Å²) in [4.78, 5) is 17.6. The number of benzene rings is 1. The Kier molecular flexibility index (Phi) is 5.37. The quantitative estimate of drug-likeness (QED) is 0.582. The Labute approximate surface area is 189 Å². The highest BCUT2D eigenvalue weighted by molar-refractivity contribution is 9.10. The van der Waals surface area contributed by atoms with E-state index in [4.69, 9.17) is 5.73 Å². The molecule has 1 aromatic heterocycles. The second-order valence-corrected chi connectivity index (χ2v) is 10.6. The number of hydrogen-bond donors (Lipinski definition) is 1. The number of nitrogens with zero attached hydrogens (tertiary/aromatic N) is 2. The number of rotatable bonds is 3. The molecule has 1 atom stereocenters. The van der Waals surface area contributed by atoms with E-state index < -0.39 is 5.92 Å². The predicted molar refractivity (Wildman–Crippen MR) is 125 cm³/mol. The van der Waals surface area contributed by atoms with Gasteiger partial charge in [0.05, 0.1) is 23.2 Å². The lowest BCUT2D eigenvalue weighted by Crippen LogP contribution is -2.42. The molecule has 1 aliphatic carbocycles. The van der Waals surface area contributed by atoms with Crippen molar-refractivity contribution >= 4 is 38.7 Å². The van der Waals surface area contributed by atoms with Crippen LogP contribution >= 0.6 is 27.3 Å². The summed E-state index contributed by atoms with van der Waals surface area (Å²) in [6.07, 6.45) is 2.11. The van der Waals surface area contributed by atoms with Gasteiger partial charge in [-0.3, -0.25) is 9.69 Å². The third-order valence-corrected chi connectivity index (χ3v) is 7.75. The van der Waals surface area contributed by atoms with Gasteiger partial charge in [-0.1, -0.05) is 32.9 Å². The van der Waals surface area contributed by atoms with Crippen LogP contribution in [0.2, 0.25) is 0 Å². The Morgan fingerprint density at radius 1 is 1.27 bits per heavy atom. The van der Waals surface area contributed by atoms with E-state index in [2.05, 4.69) is 48.8 Å². The van der Waals surface area contributed by atoms with Gasteiger partial charge in [-0.05, 0) is 58.5 Å². The highest BCUT2D eigenvalue weighted by Crippen LogP contribution is 2.51. The Morgan fingerprint density at radius 2 is 2.00 bits per heavy atom. The first-order chi connectivity index (χ1) is 14.3. The number of hydrogen-bond acceptors (Lipinski definition) is 5. The normalized spacial score (nSPS) is 21.0. The van der Waals surface area contributed by atoms with E-state index in [1.165, 1.54) is 4.88 Å². The van der Waals surface area contributed by atoms with Crippen molar-refractivity contribution in [2.45, 2.75) is 46.0 Å². The average Bonchev–Trinajstić information content (AvgIpc) is 3.16. The number of para-hydroxylation sites is 1. The number of allylic oxidation sites excluding steroid dienone is 3. The van der Waals surface area contributed by atoms with Gasteiger partial charge in [0, 0.05) is 31.9 Å². The smallest absolute Gasteiger partial charge is 0.162 e. The van der Waals surface area contributed by atoms with Gasteiger partial charge in [-0.15, -0.1) is 11.3 Å². The Bertz CT molecular complexity index is 1140. The molecule has 0 saturated carbocycles. The summed E-state index contributed by atoms with van der Waals surface area (Å²) in [5, 5.41) is 10.1. The van der Waals surface area contributed by atoms with Crippen LogP contribution in [0.1, 0.15) is 49.3 Å². The maximum Gasteiger partial charge on any atom is 0.162 e. The molecule has 2 aliphatic rings. The second-order valence-electron chi connectivity index (χ2n) is 8.59. The van der Waals surface area contributed by atoms with Crippen molar-refractivity contribution in [3.05, 3.63) is 73.3 Å². The molecular weight excluding hydrogens is 458 g/mol. The van der Waals surface area contributed by atoms with Gasteiger partial charge in [-0.2, -0.15) is 5.26 Å². The van der Waals surface area contributed by atoms with Crippen molar-refractivity contribution in [1.29, 1.82) is 5.26 Å². The zero-order valence-electron chi connectivity index (χ0n) is 17.3. The molecule has 0 amide bonds. The third-order valence-electron chi connectivity index (χ3n) is 5.79. The summed E-state index contributed by atoms with van der Waals surface area (Å²) in [5.74, 6) is 0.123. The van der Waals surface area contributed by atoms with Gasteiger partial charge >= 0.3 is 0 Å². The van der Waals surface area contributed by atoms with Crippen LogP contribution in [0.4, 0.5) is 5.69 Å². The Balaban J connectivity index is 2.00. The minimum atomic E-state index is -0.391. The van der Waals surface area contributed by atoms with E-state index in [1.807, 2.05) is 35.2 Å². The fourth-order valence-corrected chi connectivity index (χ4v) is 5.98. The topological polar surface area (TPSA) is 70.1 Å². The maximum atomic E-state index is 13.5. The number of carbonyl (C=O) groups excluding carboxylic acids is 1. The van der Waals surface area contributed by atoms with Crippen molar-refractivity contribution in [2.24, 2.45) is 11.1 Å². The first kappa shape index (κ1) is 20.9. The molecule has 2 N–H and O–H groups in total. The lowest BCUT2D eigenvalue weighted by molar-refractivity contribution is -0.118. The summed E-state index contributed by atoms with van der Waals surface area (Å²) in [6.45, 7) is 6.34. The highest BCUT2D eigenvalue weighted by atomic mass is 79.9. The van der Waals surface area contributed by atoms with Crippen LogP contribution in [-0.4, -0.2) is 5.78 Å². The van der Waals surface area contributed by atoms with Crippen molar-refractivity contribution in [3.8, 4) is 6.07 Å².